The molecule has 3 rings (SSSR count). The largest absolute Gasteiger partial charge is 4.00 e. The molecule has 0 aromatic carbocycles. The van der Waals surface area contributed by atoms with Crippen molar-refractivity contribution in [3.63, 3.8) is 0 Å². The molecule has 0 radical (unpaired) electrons. The van der Waals surface area contributed by atoms with Crippen molar-refractivity contribution >= 4 is 8.07 Å². The van der Waals surface area contributed by atoms with Gasteiger partial charge in [0.05, 0.1) is 0 Å². The second-order valence-corrected chi connectivity index (χ2v) is 12.8. The second kappa shape index (κ2) is 11.6. The molecule has 0 aromatic heterocycles. The molecule has 0 bridgehead atoms. The van der Waals surface area contributed by atoms with E-state index < -0.39 is 8.07 Å². The third-order valence-corrected chi connectivity index (χ3v) is 11.7. The zero-order valence-electron chi connectivity index (χ0n) is 17.6. The van der Waals surface area contributed by atoms with Crippen molar-refractivity contribution in [3.8, 4) is 0 Å². The number of allylic oxidation sites excluding steroid dienone is 8. The second-order valence-electron chi connectivity index (χ2n) is 8.24. The van der Waals surface area contributed by atoms with E-state index in [4.69, 9.17) is 0 Å². The Morgan fingerprint density at radius 2 is 1.65 bits per heavy atom. The molecular formula is C22H34Cl2HfSi. The Balaban J connectivity index is 0. The molecule has 1 heterocycles. The number of halogens is 2. The van der Waals surface area contributed by atoms with Crippen molar-refractivity contribution in [2.24, 2.45) is 5.41 Å². The van der Waals surface area contributed by atoms with E-state index in [1.54, 1.807) is 17.3 Å². The Morgan fingerprint density at radius 1 is 1.08 bits per heavy atom. The SMILES string of the molecule is CC1=[C-]C(C)(C)C(C)=C1C.CCC[Si]1(C2=CCC(C)=[C-]2)CCC1.[Cl-].[Cl-].[Hf+4]. The van der Waals surface area contributed by atoms with Crippen LogP contribution in [0, 0.1) is 17.6 Å². The zero-order chi connectivity index (χ0) is 17.3. The summed E-state index contributed by atoms with van der Waals surface area (Å²) in [7, 11) is -0.922. The summed E-state index contributed by atoms with van der Waals surface area (Å²) < 4.78 is 0. The van der Waals surface area contributed by atoms with Crippen molar-refractivity contribution in [2.75, 3.05) is 0 Å². The van der Waals surface area contributed by atoms with Crippen LogP contribution in [-0.2, 0) is 25.8 Å². The predicted molar refractivity (Wildman–Crippen MR) is 105 cm³/mol. The molecule has 0 amide bonds. The quantitative estimate of drug-likeness (QED) is 0.348. The number of hydrogen-bond acceptors (Lipinski definition) is 0. The summed E-state index contributed by atoms with van der Waals surface area (Å²) in [6.07, 6.45) is 13.6. The molecule has 0 saturated carbocycles. The van der Waals surface area contributed by atoms with Crippen molar-refractivity contribution in [3.05, 3.63) is 45.7 Å². The Hall–Kier alpha value is 0.627. The molecule has 1 aliphatic heterocycles. The number of rotatable bonds is 3. The summed E-state index contributed by atoms with van der Waals surface area (Å²) in [5.74, 6) is 0. The van der Waals surface area contributed by atoms with Crippen LogP contribution in [0.25, 0.3) is 0 Å². The van der Waals surface area contributed by atoms with Gasteiger partial charge in [-0.05, 0) is 0 Å². The first-order valence-electron chi connectivity index (χ1n) is 9.32. The molecule has 1 saturated heterocycles. The van der Waals surface area contributed by atoms with E-state index in [1.807, 2.05) is 0 Å². The topological polar surface area (TPSA) is 0 Å². The first-order valence-corrected chi connectivity index (χ1v) is 11.9. The predicted octanol–water partition coefficient (Wildman–Crippen LogP) is 0.985. The van der Waals surface area contributed by atoms with Gasteiger partial charge in [0.15, 0.2) is 0 Å². The molecule has 0 spiro atoms. The molecule has 4 heteroatoms. The maximum Gasteiger partial charge on any atom is 4.00 e. The molecule has 3 aliphatic rings. The summed E-state index contributed by atoms with van der Waals surface area (Å²) in [5.41, 5.74) is 5.86. The van der Waals surface area contributed by atoms with Crippen LogP contribution >= 0.6 is 0 Å². The van der Waals surface area contributed by atoms with Gasteiger partial charge in [-0.3, -0.25) is 12.2 Å². The van der Waals surface area contributed by atoms with Gasteiger partial charge in [-0.25, -0.2) is 16.8 Å². The first kappa shape index (κ1) is 28.8. The van der Waals surface area contributed by atoms with E-state index in [0.29, 0.717) is 0 Å². The van der Waals surface area contributed by atoms with Crippen molar-refractivity contribution in [1.29, 1.82) is 0 Å². The molecule has 0 nitrogen and oxygen atoms in total. The van der Waals surface area contributed by atoms with Gasteiger partial charge in [0.25, 0.3) is 0 Å². The van der Waals surface area contributed by atoms with Crippen LogP contribution in [0.2, 0.25) is 18.1 Å². The maximum atomic E-state index is 3.62. The first-order chi connectivity index (χ1) is 10.7. The summed E-state index contributed by atoms with van der Waals surface area (Å²) in [6, 6.07) is 4.61. The standard InChI is InChI=1S/C12H19Si.C10H15.2ClH.Hf/c1-3-7-13(8-4-9-13)12-6-5-11(2)10-12;1-7-6-10(4,5)9(3)8(7)2;;;/h6H,3-5,7-9H2,1-2H3;1-5H3;2*1H;/q2*-1;;;+4/p-2. The van der Waals surface area contributed by atoms with Crippen LogP contribution in [0.5, 0.6) is 0 Å². The van der Waals surface area contributed by atoms with Crippen LogP contribution in [0.15, 0.2) is 33.6 Å². The minimum Gasteiger partial charge on any atom is -1.00 e. The van der Waals surface area contributed by atoms with E-state index in [9.17, 15) is 0 Å². The Kier molecular flexibility index (Phi) is 12.8. The Morgan fingerprint density at radius 3 is 1.88 bits per heavy atom. The van der Waals surface area contributed by atoms with Crippen LogP contribution in [0.3, 0.4) is 0 Å². The molecule has 144 valence electrons. The van der Waals surface area contributed by atoms with Crippen molar-refractivity contribution < 1.29 is 50.7 Å². The van der Waals surface area contributed by atoms with E-state index >= 15 is 0 Å². The molecule has 0 N–H and O–H groups in total. The smallest absolute Gasteiger partial charge is 1.00 e. The van der Waals surface area contributed by atoms with Crippen LogP contribution in [0.1, 0.15) is 67.7 Å². The minimum absolute atomic E-state index is 0. The molecule has 0 unspecified atom stereocenters. The maximum absolute atomic E-state index is 3.62. The Bertz CT molecular complexity index is 593. The normalized spacial score (nSPS) is 21.6. The molecule has 0 aromatic rings. The van der Waals surface area contributed by atoms with E-state index in [2.05, 4.69) is 66.7 Å². The van der Waals surface area contributed by atoms with E-state index in [-0.39, 0.29) is 56.1 Å². The van der Waals surface area contributed by atoms with Crippen LogP contribution < -0.4 is 24.8 Å². The molecule has 2 aliphatic carbocycles. The monoisotopic (exact) mass is 576 g/mol. The van der Waals surface area contributed by atoms with Gasteiger partial charge >= 0.3 is 25.8 Å². The fraction of sp³-hybridized carbons (Fsp3) is 0.636. The zero-order valence-corrected chi connectivity index (χ0v) is 23.7. The molecule has 0 atom stereocenters. The average Bonchev–Trinajstić information content (AvgIpc) is 2.94. The summed E-state index contributed by atoms with van der Waals surface area (Å²) in [6.45, 7) is 15.5. The van der Waals surface area contributed by atoms with Gasteiger partial charge in [-0.2, -0.15) is 16.7 Å². The van der Waals surface area contributed by atoms with Gasteiger partial charge in [-0.1, -0.05) is 84.4 Å². The number of hydrogen-bond donors (Lipinski definition) is 0. The Labute approximate surface area is 194 Å². The van der Waals surface area contributed by atoms with Crippen molar-refractivity contribution in [1.82, 2.24) is 0 Å². The summed E-state index contributed by atoms with van der Waals surface area (Å²) in [5, 5.41) is 1.68. The van der Waals surface area contributed by atoms with Gasteiger partial charge in [0.2, 0.25) is 0 Å². The van der Waals surface area contributed by atoms with Crippen molar-refractivity contribution in [2.45, 2.75) is 85.9 Å². The molecule has 1 fully saturated rings. The molecular weight excluding hydrogens is 542 g/mol. The van der Waals surface area contributed by atoms with Crippen LogP contribution in [-0.4, -0.2) is 8.07 Å². The minimum atomic E-state index is -0.922. The summed E-state index contributed by atoms with van der Waals surface area (Å²) >= 11 is 0. The van der Waals surface area contributed by atoms with Crippen LogP contribution in [0.4, 0.5) is 0 Å². The van der Waals surface area contributed by atoms with E-state index in [1.165, 1.54) is 47.6 Å². The van der Waals surface area contributed by atoms with Gasteiger partial charge in [0.1, 0.15) is 0 Å². The third kappa shape index (κ3) is 6.32. The van der Waals surface area contributed by atoms with E-state index in [0.717, 1.165) is 0 Å². The fourth-order valence-corrected chi connectivity index (χ4v) is 8.56. The van der Waals surface area contributed by atoms with Gasteiger partial charge in [0, 0.05) is 8.07 Å². The summed E-state index contributed by atoms with van der Waals surface area (Å²) in [4.78, 5) is 0. The fourth-order valence-electron chi connectivity index (χ4n) is 4.08. The van der Waals surface area contributed by atoms with Gasteiger partial charge < -0.3 is 24.8 Å². The molecule has 26 heavy (non-hydrogen) atoms. The van der Waals surface area contributed by atoms with Gasteiger partial charge in [-0.15, -0.1) is 6.92 Å². The average molecular weight is 576 g/mol. The third-order valence-electron chi connectivity index (χ3n) is 6.13.